The topological polar surface area (TPSA) is 111 Å². The van der Waals surface area contributed by atoms with Gasteiger partial charge in [-0.05, 0) is 5.56 Å². The molecule has 7 nitrogen and oxygen atoms in total. The van der Waals surface area contributed by atoms with Gasteiger partial charge in [0.2, 0.25) is 5.91 Å². The molecule has 0 spiro atoms. The number of carbonyl (C=O) groups excluding carboxylic acids is 2. The zero-order chi connectivity index (χ0) is 15.5. The first-order valence-corrected chi connectivity index (χ1v) is 6.78. The maximum absolute atomic E-state index is 11.6. The summed E-state index contributed by atoms with van der Waals surface area (Å²) in [5.41, 5.74) is 10.2. The van der Waals surface area contributed by atoms with Gasteiger partial charge < -0.3 is 26.4 Å². The molecule has 21 heavy (non-hydrogen) atoms. The summed E-state index contributed by atoms with van der Waals surface area (Å²) in [5, 5.41) is 3.19. The predicted octanol–water partition coefficient (Wildman–Crippen LogP) is -0.341. The normalized spacial score (nSPS) is 13.9. The molecule has 2 amide bonds. The van der Waals surface area contributed by atoms with Gasteiger partial charge in [0.15, 0.2) is 0 Å². The molecule has 0 aromatic heterocycles. The molecule has 1 aromatic carbocycles. The van der Waals surface area contributed by atoms with Crippen molar-refractivity contribution in [2.24, 2.45) is 11.5 Å². The van der Waals surface area contributed by atoms with Crippen LogP contribution in [0.2, 0.25) is 0 Å². The lowest BCUT2D eigenvalue weighted by atomic mass is 10.2. The summed E-state index contributed by atoms with van der Waals surface area (Å²) in [4.78, 5) is 22.8. The third-order valence-corrected chi connectivity index (χ3v) is 2.78. The van der Waals surface area contributed by atoms with E-state index in [-0.39, 0.29) is 12.6 Å². The predicted molar refractivity (Wildman–Crippen MR) is 79.3 cm³/mol. The van der Waals surface area contributed by atoms with Crippen LogP contribution in [0.3, 0.4) is 0 Å². The van der Waals surface area contributed by atoms with Crippen LogP contribution in [0.1, 0.15) is 5.56 Å². The number of hydrogen-bond acceptors (Lipinski definition) is 5. The van der Waals surface area contributed by atoms with Crippen LogP contribution in [0.5, 0.6) is 0 Å². The molecule has 0 radical (unpaired) electrons. The van der Waals surface area contributed by atoms with Crippen molar-refractivity contribution >= 4 is 12.0 Å². The summed E-state index contributed by atoms with van der Waals surface area (Å²) in [6.45, 7) is 3.45. The van der Waals surface area contributed by atoms with Crippen LogP contribution in [0.15, 0.2) is 30.3 Å². The van der Waals surface area contributed by atoms with Crippen molar-refractivity contribution in [3.8, 4) is 0 Å². The average Bonchev–Trinajstić information content (AvgIpc) is 2.55. The van der Waals surface area contributed by atoms with Crippen LogP contribution < -0.4 is 16.8 Å². The maximum Gasteiger partial charge on any atom is 0.410 e. The fraction of sp³-hybridized carbons (Fsp3) is 0.429. The lowest BCUT2D eigenvalue weighted by Crippen LogP contribution is -2.46. The van der Waals surface area contributed by atoms with E-state index in [1.807, 2.05) is 30.3 Å². The third kappa shape index (κ3) is 7.28. The number of nitrogens with two attached hydrogens (primary N) is 2. The highest BCUT2D eigenvalue weighted by Gasteiger charge is 2.16. The number of primary amides is 1. The van der Waals surface area contributed by atoms with Crippen molar-refractivity contribution in [3.63, 3.8) is 0 Å². The van der Waals surface area contributed by atoms with Crippen molar-refractivity contribution < 1.29 is 14.3 Å². The molecule has 1 heterocycles. The molecule has 1 saturated heterocycles. The molecule has 0 unspecified atom stereocenters. The van der Waals surface area contributed by atoms with Crippen molar-refractivity contribution in [3.05, 3.63) is 35.9 Å². The number of nitrogens with zero attached hydrogens (tertiary/aromatic N) is 1. The maximum atomic E-state index is 11.6. The monoisotopic (exact) mass is 294 g/mol. The summed E-state index contributed by atoms with van der Waals surface area (Å²) < 4.78 is 5.23. The Morgan fingerprint density at radius 2 is 1.76 bits per heavy atom. The molecule has 0 bridgehead atoms. The van der Waals surface area contributed by atoms with E-state index in [1.54, 1.807) is 4.90 Å². The van der Waals surface area contributed by atoms with Gasteiger partial charge in [0.05, 0.1) is 6.54 Å². The Hall–Kier alpha value is -2.12. The second kappa shape index (κ2) is 9.73. The molecule has 116 valence electrons. The number of ether oxygens (including phenoxy) is 1. The van der Waals surface area contributed by atoms with Gasteiger partial charge in [-0.2, -0.15) is 0 Å². The molecule has 1 aromatic rings. The molecule has 7 heteroatoms. The highest BCUT2D eigenvalue weighted by atomic mass is 16.6. The van der Waals surface area contributed by atoms with Gasteiger partial charge >= 0.3 is 6.09 Å². The van der Waals surface area contributed by atoms with E-state index < -0.39 is 5.91 Å². The zero-order valence-corrected chi connectivity index (χ0v) is 12.0. The average molecular weight is 294 g/mol. The Bertz CT molecular complexity index is 433. The molecule has 1 aliphatic heterocycles. The van der Waals surface area contributed by atoms with Crippen LogP contribution in [-0.4, -0.2) is 49.6 Å². The Labute approximate surface area is 124 Å². The third-order valence-electron chi connectivity index (χ3n) is 2.78. The number of hydrogen-bond donors (Lipinski definition) is 3. The molecular weight excluding hydrogens is 272 g/mol. The first-order valence-electron chi connectivity index (χ1n) is 6.78. The van der Waals surface area contributed by atoms with Crippen molar-refractivity contribution in [1.82, 2.24) is 10.2 Å². The smallest absolute Gasteiger partial charge is 0.410 e. The second-order valence-electron chi connectivity index (χ2n) is 4.45. The van der Waals surface area contributed by atoms with E-state index in [4.69, 9.17) is 10.5 Å². The van der Waals surface area contributed by atoms with Gasteiger partial charge in [0.1, 0.15) is 6.61 Å². The quantitative estimate of drug-likeness (QED) is 0.706. The van der Waals surface area contributed by atoms with E-state index in [1.165, 1.54) is 0 Å². The number of piperazine rings is 1. The minimum atomic E-state index is -0.468. The first-order chi connectivity index (χ1) is 10.1. The Morgan fingerprint density at radius 3 is 2.29 bits per heavy atom. The van der Waals surface area contributed by atoms with Crippen LogP contribution in [0, 0.1) is 0 Å². The summed E-state index contributed by atoms with van der Waals surface area (Å²) in [5.74, 6) is -0.468. The summed E-state index contributed by atoms with van der Waals surface area (Å²) in [6.07, 6.45) is -0.217. The lowest BCUT2D eigenvalue weighted by molar-refractivity contribution is -0.116. The minimum absolute atomic E-state index is 0.0556. The second-order valence-corrected chi connectivity index (χ2v) is 4.45. The van der Waals surface area contributed by atoms with E-state index in [9.17, 15) is 9.59 Å². The standard InChI is InChI=1S/C12H16N2O2.C2H6N2O/c15-12(14-8-6-13-7-9-14)16-10-11-4-2-1-3-5-11;3-1-2(4)5/h1-5,13H,6-10H2;1,3H2,(H2,4,5). The van der Waals surface area contributed by atoms with Gasteiger partial charge in [-0.25, -0.2) is 4.79 Å². The van der Waals surface area contributed by atoms with Gasteiger partial charge in [-0.3, -0.25) is 4.79 Å². The fourth-order valence-corrected chi connectivity index (χ4v) is 1.66. The number of rotatable bonds is 3. The first kappa shape index (κ1) is 16.9. The molecule has 1 aliphatic rings. The molecule has 5 N–H and O–H groups in total. The van der Waals surface area contributed by atoms with E-state index in [2.05, 4.69) is 11.1 Å². The van der Waals surface area contributed by atoms with Crippen LogP contribution in [0.25, 0.3) is 0 Å². The Morgan fingerprint density at radius 1 is 1.19 bits per heavy atom. The molecule has 2 rings (SSSR count). The van der Waals surface area contributed by atoms with Gasteiger partial charge in [-0.15, -0.1) is 0 Å². The van der Waals surface area contributed by atoms with Crippen molar-refractivity contribution in [2.75, 3.05) is 32.7 Å². The molecular formula is C14H22N4O3. The summed E-state index contributed by atoms with van der Waals surface area (Å²) >= 11 is 0. The highest BCUT2D eigenvalue weighted by Crippen LogP contribution is 2.03. The number of benzene rings is 1. The van der Waals surface area contributed by atoms with Crippen LogP contribution in [-0.2, 0) is 16.1 Å². The van der Waals surface area contributed by atoms with E-state index in [0.717, 1.165) is 31.7 Å². The Kier molecular flexibility index (Phi) is 7.85. The van der Waals surface area contributed by atoms with E-state index in [0.29, 0.717) is 6.61 Å². The van der Waals surface area contributed by atoms with E-state index >= 15 is 0 Å². The fourth-order valence-electron chi connectivity index (χ4n) is 1.66. The molecule has 1 fully saturated rings. The largest absolute Gasteiger partial charge is 0.445 e. The van der Waals surface area contributed by atoms with Crippen molar-refractivity contribution in [1.29, 1.82) is 0 Å². The van der Waals surface area contributed by atoms with Gasteiger partial charge in [0.25, 0.3) is 0 Å². The number of carbonyl (C=O) groups is 2. The van der Waals surface area contributed by atoms with Gasteiger partial charge in [-0.1, -0.05) is 30.3 Å². The van der Waals surface area contributed by atoms with Crippen LogP contribution >= 0.6 is 0 Å². The highest BCUT2D eigenvalue weighted by molar-refractivity contribution is 5.75. The molecule has 0 atom stereocenters. The Balaban J connectivity index is 0.000000383. The number of nitrogens with one attached hydrogen (secondary N) is 1. The summed E-state index contributed by atoms with van der Waals surface area (Å²) in [7, 11) is 0. The van der Waals surface area contributed by atoms with Crippen molar-refractivity contribution in [2.45, 2.75) is 6.61 Å². The molecule has 0 saturated carbocycles. The summed E-state index contributed by atoms with van der Waals surface area (Å²) in [6, 6.07) is 9.72. The van der Waals surface area contributed by atoms with Crippen LogP contribution in [0.4, 0.5) is 4.79 Å². The zero-order valence-electron chi connectivity index (χ0n) is 12.0. The minimum Gasteiger partial charge on any atom is -0.445 e. The molecule has 0 aliphatic carbocycles. The SMILES string of the molecule is NCC(N)=O.O=C(OCc1ccccc1)N1CCNCC1. The lowest BCUT2D eigenvalue weighted by Gasteiger charge is -2.26. The number of amides is 2. The van der Waals surface area contributed by atoms with Gasteiger partial charge in [0, 0.05) is 26.2 Å².